The molecule has 0 amide bonds. The number of aliphatic hydroxyl groups is 1. The SMILES string of the molecule is CCC(C)CCCCCCCCCCC(=O)OC[C@H](CO)OC(=O)CCCCCCCCCCCCCCCC(C)C. The highest BCUT2D eigenvalue weighted by Gasteiger charge is 2.16. The first-order valence-electron chi connectivity index (χ1n) is 18.3. The molecule has 0 saturated heterocycles. The predicted octanol–water partition coefficient (Wildman–Crippen LogP) is 10.9. The van der Waals surface area contributed by atoms with E-state index in [1.54, 1.807) is 0 Å². The van der Waals surface area contributed by atoms with Crippen molar-refractivity contribution in [3.05, 3.63) is 0 Å². The van der Waals surface area contributed by atoms with Gasteiger partial charge < -0.3 is 14.6 Å². The maximum atomic E-state index is 12.1. The Labute approximate surface area is 261 Å². The topological polar surface area (TPSA) is 72.8 Å². The van der Waals surface area contributed by atoms with Crippen LogP contribution in [0.25, 0.3) is 0 Å². The molecule has 0 fully saturated rings. The van der Waals surface area contributed by atoms with Crippen molar-refractivity contribution >= 4 is 11.9 Å². The van der Waals surface area contributed by atoms with Gasteiger partial charge in [0.2, 0.25) is 0 Å². The number of ether oxygens (including phenoxy) is 2. The van der Waals surface area contributed by atoms with Crippen LogP contribution in [0.1, 0.15) is 195 Å². The van der Waals surface area contributed by atoms with Crippen LogP contribution in [0.5, 0.6) is 0 Å². The maximum absolute atomic E-state index is 12.1. The van der Waals surface area contributed by atoms with Gasteiger partial charge in [-0.15, -0.1) is 0 Å². The van der Waals surface area contributed by atoms with Gasteiger partial charge in [-0.3, -0.25) is 9.59 Å². The summed E-state index contributed by atoms with van der Waals surface area (Å²) in [7, 11) is 0. The molecule has 0 aromatic rings. The van der Waals surface area contributed by atoms with Crippen molar-refractivity contribution in [3.63, 3.8) is 0 Å². The van der Waals surface area contributed by atoms with E-state index in [1.165, 1.54) is 116 Å². The van der Waals surface area contributed by atoms with Gasteiger partial charge in [-0.05, 0) is 24.7 Å². The van der Waals surface area contributed by atoms with Gasteiger partial charge in [0.15, 0.2) is 6.10 Å². The first-order valence-corrected chi connectivity index (χ1v) is 18.3. The summed E-state index contributed by atoms with van der Waals surface area (Å²) in [6.45, 7) is 8.84. The second-order valence-electron chi connectivity index (χ2n) is 13.4. The minimum Gasteiger partial charge on any atom is -0.462 e. The fourth-order valence-electron chi connectivity index (χ4n) is 5.42. The number of esters is 2. The number of rotatable bonds is 32. The molecule has 0 rings (SSSR count). The summed E-state index contributed by atoms with van der Waals surface area (Å²) in [5, 5.41) is 9.52. The largest absolute Gasteiger partial charge is 0.462 e. The Morgan fingerprint density at radius 1 is 0.548 bits per heavy atom. The monoisotopic (exact) mass is 597 g/mol. The lowest BCUT2D eigenvalue weighted by atomic mass is 9.99. The zero-order valence-corrected chi connectivity index (χ0v) is 28.6. The third-order valence-corrected chi connectivity index (χ3v) is 8.62. The Balaban J connectivity index is 3.53. The van der Waals surface area contributed by atoms with Gasteiger partial charge in [-0.2, -0.15) is 0 Å². The van der Waals surface area contributed by atoms with E-state index in [9.17, 15) is 14.7 Å². The van der Waals surface area contributed by atoms with E-state index < -0.39 is 6.10 Å². The normalized spacial score (nSPS) is 12.9. The molecular weight excluding hydrogens is 524 g/mol. The van der Waals surface area contributed by atoms with E-state index in [2.05, 4.69) is 27.7 Å². The molecule has 0 heterocycles. The third kappa shape index (κ3) is 30.4. The molecule has 2 atom stereocenters. The zero-order valence-electron chi connectivity index (χ0n) is 28.6. The van der Waals surface area contributed by atoms with Crippen molar-refractivity contribution in [2.45, 2.75) is 201 Å². The smallest absolute Gasteiger partial charge is 0.306 e. The first-order chi connectivity index (χ1) is 20.4. The summed E-state index contributed by atoms with van der Waals surface area (Å²) in [4.78, 5) is 24.2. The average Bonchev–Trinajstić information content (AvgIpc) is 2.97. The van der Waals surface area contributed by atoms with Crippen molar-refractivity contribution < 1.29 is 24.2 Å². The number of carbonyl (C=O) groups is 2. The van der Waals surface area contributed by atoms with Crippen molar-refractivity contribution in [1.29, 1.82) is 0 Å². The molecule has 5 nitrogen and oxygen atoms in total. The first kappa shape index (κ1) is 40.9. The number of unbranched alkanes of at least 4 members (excludes halogenated alkanes) is 19. The van der Waals surface area contributed by atoms with Crippen molar-refractivity contribution in [1.82, 2.24) is 0 Å². The molecule has 0 saturated carbocycles. The summed E-state index contributed by atoms with van der Waals surface area (Å²) in [6.07, 6.45) is 30.1. The van der Waals surface area contributed by atoms with E-state index in [-0.39, 0.29) is 25.2 Å². The lowest BCUT2D eigenvalue weighted by Gasteiger charge is -2.15. The average molecular weight is 597 g/mol. The van der Waals surface area contributed by atoms with Crippen LogP contribution < -0.4 is 0 Å². The van der Waals surface area contributed by atoms with Gasteiger partial charge >= 0.3 is 11.9 Å². The fourth-order valence-corrected chi connectivity index (χ4v) is 5.42. The van der Waals surface area contributed by atoms with Crippen molar-refractivity contribution in [2.24, 2.45) is 11.8 Å². The molecule has 0 aromatic carbocycles. The molecular formula is C37H72O5. The van der Waals surface area contributed by atoms with Crippen LogP contribution in [-0.2, 0) is 19.1 Å². The van der Waals surface area contributed by atoms with Crippen LogP contribution >= 0.6 is 0 Å². The lowest BCUT2D eigenvalue weighted by molar-refractivity contribution is -0.161. The summed E-state index contributed by atoms with van der Waals surface area (Å²) in [6, 6.07) is 0. The fraction of sp³-hybridized carbons (Fsp3) is 0.946. The summed E-state index contributed by atoms with van der Waals surface area (Å²) in [5.74, 6) is 1.12. The van der Waals surface area contributed by atoms with Crippen LogP contribution in [0.3, 0.4) is 0 Å². The van der Waals surface area contributed by atoms with E-state index in [4.69, 9.17) is 9.47 Å². The predicted molar refractivity (Wildman–Crippen MR) is 178 cm³/mol. The van der Waals surface area contributed by atoms with Gasteiger partial charge in [0.05, 0.1) is 6.61 Å². The van der Waals surface area contributed by atoms with Crippen LogP contribution in [0.15, 0.2) is 0 Å². The second kappa shape index (κ2) is 31.3. The second-order valence-corrected chi connectivity index (χ2v) is 13.4. The van der Waals surface area contributed by atoms with Crippen LogP contribution in [0.4, 0.5) is 0 Å². The molecule has 0 aliphatic heterocycles. The van der Waals surface area contributed by atoms with Gasteiger partial charge in [0.25, 0.3) is 0 Å². The van der Waals surface area contributed by atoms with Crippen LogP contribution in [0.2, 0.25) is 0 Å². The van der Waals surface area contributed by atoms with Gasteiger partial charge in [0, 0.05) is 12.8 Å². The molecule has 0 aliphatic rings. The van der Waals surface area contributed by atoms with E-state index >= 15 is 0 Å². The number of hydrogen-bond donors (Lipinski definition) is 1. The lowest BCUT2D eigenvalue weighted by Crippen LogP contribution is -2.28. The van der Waals surface area contributed by atoms with Gasteiger partial charge in [0.1, 0.15) is 6.61 Å². The number of aliphatic hydroxyl groups excluding tert-OH is 1. The highest BCUT2D eigenvalue weighted by Crippen LogP contribution is 2.16. The molecule has 0 aliphatic carbocycles. The summed E-state index contributed by atoms with van der Waals surface area (Å²) < 4.78 is 10.6. The molecule has 250 valence electrons. The number of carbonyl (C=O) groups excluding carboxylic acids is 2. The summed E-state index contributed by atoms with van der Waals surface area (Å²) >= 11 is 0. The minimum atomic E-state index is -0.762. The molecule has 1 N–H and O–H groups in total. The third-order valence-electron chi connectivity index (χ3n) is 8.62. The standard InChI is InChI=1S/C37H72O5/c1-5-34(4)28-24-20-16-13-14-17-21-25-29-36(39)41-32-35(31-38)42-37(40)30-26-22-18-12-10-8-6-7-9-11-15-19-23-27-33(2)3/h33-35,38H,5-32H2,1-4H3/t34?,35-/m0/s1. The molecule has 0 radical (unpaired) electrons. The Hall–Kier alpha value is -1.10. The maximum Gasteiger partial charge on any atom is 0.306 e. The van der Waals surface area contributed by atoms with Crippen LogP contribution in [-0.4, -0.2) is 36.4 Å². The molecule has 0 bridgehead atoms. The quantitative estimate of drug-likeness (QED) is 0.0617. The van der Waals surface area contributed by atoms with E-state index in [1.807, 2.05) is 0 Å². The van der Waals surface area contributed by atoms with Crippen LogP contribution in [0, 0.1) is 11.8 Å². The molecule has 0 aromatic heterocycles. The van der Waals surface area contributed by atoms with E-state index in [0.29, 0.717) is 12.8 Å². The highest BCUT2D eigenvalue weighted by atomic mass is 16.6. The molecule has 0 spiro atoms. The highest BCUT2D eigenvalue weighted by molar-refractivity contribution is 5.70. The van der Waals surface area contributed by atoms with Crippen molar-refractivity contribution in [2.75, 3.05) is 13.2 Å². The minimum absolute atomic E-state index is 0.0597. The Morgan fingerprint density at radius 3 is 1.33 bits per heavy atom. The Bertz CT molecular complexity index is 591. The van der Waals surface area contributed by atoms with E-state index in [0.717, 1.165) is 50.4 Å². The Kier molecular flexibility index (Phi) is 30.5. The van der Waals surface area contributed by atoms with Gasteiger partial charge in [-0.25, -0.2) is 0 Å². The number of hydrogen-bond acceptors (Lipinski definition) is 5. The van der Waals surface area contributed by atoms with Crippen molar-refractivity contribution in [3.8, 4) is 0 Å². The molecule has 42 heavy (non-hydrogen) atoms. The Morgan fingerprint density at radius 2 is 0.929 bits per heavy atom. The summed E-state index contributed by atoms with van der Waals surface area (Å²) in [5.41, 5.74) is 0. The van der Waals surface area contributed by atoms with Gasteiger partial charge in [-0.1, -0.05) is 169 Å². The zero-order chi connectivity index (χ0) is 31.1. The molecule has 5 heteroatoms. The molecule has 1 unspecified atom stereocenters.